The number of para-hydroxylation sites is 1. The lowest BCUT2D eigenvalue weighted by atomic mass is 10.1. The monoisotopic (exact) mass is 326 g/mol. The van der Waals surface area contributed by atoms with Crippen molar-refractivity contribution in [3.8, 4) is 5.69 Å². The van der Waals surface area contributed by atoms with Crippen molar-refractivity contribution < 1.29 is 10.0 Å². The van der Waals surface area contributed by atoms with E-state index in [4.69, 9.17) is 0 Å². The number of hydrogen-bond donors (Lipinski definition) is 2. The van der Waals surface area contributed by atoms with E-state index in [9.17, 15) is 15.2 Å². The number of aromatic nitrogens is 4. The van der Waals surface area contributed by atoms with Crippen molar-refractivity contribution in [1.82, 2.24) is 20.2 Å². The fraction of sp³-hybridized carbons (Fsp3) is 0.133. The molecule has 24 heavy (non-hydrogen) atoms. The Hall–Kier alpha value is -3.33. The average Bonchev–Trinajstić information content (AvgIpc) is 3.09. The van der Waals surface area contributed by atoms with Crippen LogP contribution in [0.2, 0.25) is 0 Å². The highest BCUT2D eigenvalue weighted by Gasteiger charge is 2.13. The molecule has 0 radical (unpaired) electrons. The van der Waals surface area contributed by atoms with Crippen molar-refractivity contribution >= 4 is 11.6 Å². The number of non-ortho nitro benzene ring substituents is 1. The number of nitro benzene ring substituents is 1. The predicted octanol–water partition coefficient (Wildman–Crippen LogP) is 1.72. The van der Waals surface area contributed by atoms with Crippen molar-refractivity contribution in [1.29, 1.82) is 0 Å². The number of aliphatic hydroxyl groups is 1. The molecule has 0 saturated carbocycles. The van der Waals surface area contributed by atoms with Crippen LogP contribution in [-0.2, 0) is 0 Å². The van der Waals surface area contributed by atoms with E-state index in [1.165, 1.54) is 28.9 Å². The summed E-state index contributed by atoms with van der Waals surface area (Å²) in [4.78, 5) is 10.2. The Morgan fingerprint density at radius 3 is 2.54 bits per heavy atom. The molecule has 122 valence electrons. The van der Waals surface area contributed by atoms with Crippen molar-refractivity contribution in [2.75, 3.05) is 11.9 Å². The zero-order valence-electron chi connectivity index (χ0n) is 12.5. The zero-order valence-corrected chi connectivity index (χ0v) is 12.5. The van der Waals surface area contributed by atoms with Crippen LogP contribution in [0.3, 0.4) is 0 Å². The predicted molar refractivity (Wildman–Crippen MR) is 85.7 cm³/mol. The number of benzene rings is 2. The van der Waals surface area contributed by atoms with Crippen molar-refractivity contribution in [3.63, 3.8) is 0 Å². The fourth-order valence-electron chi connectivity index (χ4n) is 2.16. The highest BCUT2D eigenvalue weighted by atomic mass is 16.6. The van der Waals surface area contributed by atoms with Gasteiger partial charge in [-0.3, -0.25) is 10.1 Å². The second kappa shape index (κ2) is 6.84. The molecule has 0 unspecified atom stereocenters. The number of tetrazole rings is 1. The molecule has 3 rings (SSSR count). The Bertz CT molecular complexity index is 819. The molecule has 0 fully saturated rings. The largest absolute Gasteiger partial charge is 0.387 e. The molecule has 9 heteroatoms. The summed E-state index contributed by atoms with van der Waals surface area (Å²) < 4.78 is 1.52. The quantitative estimate of drug-likeness (QED) is 0.523. The summed E-state index contributed by atoms with van der Waals surface area (Å²) in [5.74, 6) is 0.391. The molecule has 0 spiro atoms. The normalized spacial score (nSPS) is 11.9. The lowest BCUT2D eigenvalue weighted by Gasteiger charge is -2.12. The summed E-state index contributed by atoms with van der Waals surface area (Å²) >= 11 is 0. The number of hydrogen-bond acceptors (Lipinski definition) is 7. The number of anilines is 1. The smallest absolute Gasteiger partial charge is 0.269 e. The second-order valence-electron chi connectivity index (χ2n) is 5.00. The van der Waals surface area contributed by atoms with Gasteiger partial charge in [0.05, 0.1) is 16.7 Å². The molecule has 2 N–H and O–H groups in total. The summed E-state index contributed by atoms with van der Waals surface area (Å²) in [6, 6.07) is 15.1. The van der Waals surface area contributed by atoms with E-state index in [1.807, 2.05) is 30.3 Å². The first kappa shape index (κ1) is 15.6. The third-order valence-electron chi connectivity index (χ3n) is 3.41. The van der Waals surface area contributed by atoms with Crippen LogP contribution in [0, 0.1) is 10.1 Å². The fourth-order valence-corrected chi connectivity index (χ4v) is 2.16. The van der Waals surface area contributed by atoms with Gasteiger partial charge in [-0.2, -0.15) is 4.68 Å². The summed E-state index contributed by atoms with van der Waals surface area (Å²) in [6.07, 6.45) is -0.855. The van der Waals surface area contributed by atoms with E-state index in [2.05, 4.69) is 20.8 Å². The van der Waals surface area contributed by atoms with Crippen LogP contribution < -0.4 is 5.32 Å². The van der Waals surface area contributed by atoms with Crippen molar-refractivity contribution in [3.05, 3.63) is 70.3 Å². The minimum atomic E-state index is -0.855. The van der Waals surface area contributed by atoms with Gasteiger partial charge in [0.2, 0.25) is 5.95 Å². The van der Waals surface area contributed by atoms with Crippen LogP contribution in [0.25, 0.3) is 5.69 Å². The summed E-state index contributed by atoms with van der Waals surface area (Å²) in [5.41, 5.74) is 1.33. The molecule has 0 bridgehead atoms. The van der Waals surface area contributed by atoms with Gasteiger partial charge in [0.25, 0.3) is 5.69 Å². The lowest BCUT2D eigenvalue weighted by Crippen LogP contribution is -2.15. The highest BCUT2D eigenvalue weighted by molar-refractivity contribution is 5.39. The molecule has 0 amide bonds. The van der Waals surface area contributed by atoms with Gasteiger partial charge in [-0.1, -0.05) is 23.3 Å². The topological polar surface area (TPSA) is 119 Å². The number of aliphatic hydroxyl groups excluding tert-OH is 1. The van der Waals surface area contributed by atoms with Crippen LogP contribution in [0.1, 0.15) is 11.7 Å². The number of nitrogens with zero attached hydrogens (tertiary/aromatic N) is 5. The van der Waals surface area contributed by atoms with Gasteiger partial charge < -0.3 is 10.4 Å². The molecule has 0 aliphatic heterocycles. The SMILES string of the molecule is O=[N+]([O-])c1ccc([C@H](O)CNc2nnnn2-c2ccccc2)cc1. The molecule has 0 aliphatic rings. The Balaban J connectivity index is 1.68. The van der Waals surface area contributed by atoms with Crippen LogP contribution in [-0.4, -0.2) is 36.8 Å². The van der Waals surface area contributed by atoms with E-state index in [0.29, 0.717) is 11.5 Å². The molecule has 1 atom stereocenters. The number of nitro groups is 1. The summed E-state index contributed by atoms with van der Waals surface area (Å²) in [7, 11) is 0. The number of rotatable bonds is 6. The van der Waals surface area contributed by atoms with Gasteiger partial charge in [-0.05, 0) is 40.3 Å². The molecular formula is C15H14N6O3. The van der Waals surface area contributed by atoms with E-state index in [1.54, 1.807) is 0 Å². The maximum atomic E-state index is 10.6. The van der Waals surface area contributed by atoms with Gasteiger partial charge in [0.1, 0.15) is 0 Å². The third kappa shape index (κ3) is 3.36. The highest BCUT2D eigenvalue weighted by Crippen LogP contribution is 2.18. The molecular weight excluding hydrogens is 312 g/mol. The van der Waals surface area contributed by atoms with Crippen LogP contribution in [0.5, 0.6) is 0 Å². The van der Waals surface area contributed by atoms with Gasteiger partial charge in [0.15, 0.2) is 0 Å². The first-order valence-corrected chi connectivity index (χ1v) is 7.15. The van der Waals surface area contributed by atoms with Crippen molar-refractivity contribution in [2.24, 2.45) is 0 Å². The van der Waals surface area contributed by atoms with Crippen LogP contribution in [0.4, 0.5) is 11.6 Å². The van der Waals surface area contributed by atoms with E-state index in [-0.39, 0.29) is 12.2 Å². The minimum Gasteiger partial charge on any atom is -0.387 e. The second-order valence-corrected chi connectivity index (χ2v) is 5.00. The van der Waals surface area contributed by atoms with Gasteiger partial charge in [-0.15, -0.1) is 0 Å². The summed E-state index contributed by atoms with van der Waals surface area (Å²) in [5, 5.41) is 35.2. The van der Waals surface area contributed by atoms with E-state index < -0.39 is 11.0 Å². The molecule has 1 aromatic heterocycles. The standard InChI is InChI=1S/C15H14N6O3/c22-14(11-6-8-13(9-7-11)21(23)24)10-16-15-17-18-19-20(15)12-4-2-1-3-5-12/h1-9,14,22H,10H2,(H,16,17,19)/t14-/m1/s1. The minimum absolute atomic E-state index is 0.0214. The molecule has 1 heterocycles. The Morgan fingerprint density at radius 1 is 1.17 bits per heavy atom. The van der Waals surface area contributed by atoms with Crippen molar-refractivity contribution in [2.45, 2.75) is 6.10 Å². The van der Waals surface area contributed by atoms with Gasteiger partial charge in [0, 0.05) is 18.7 Å². The average molecular weight is 326 g/mol. The first-order valence-electron chi connectivity index (χ1n) is 7.15. The van der Waals surface area contributed by atoms with Gasteiger partial charge >= 0.3 is 0 Å². The zero-order chi connectivity index (χ0) is 16.9. The molecule has 0 saturated heterocycles. The molecule has 9 nitrogen and oxygen atoms in total. The molecule has 3 aromatic rings. The Kier molecular flexibility index (Phi) is 4.43. The van der Waals surface area contributed by atoms with E-state index in [0.717, 1.165) is 5.69 Å². The first-order chi connectivity index (χ1) is 11.6. The Labute approximate surface area is 136 Å². The molecule has 0 aliphatic carbocycles. The maximum Gasteiger partial charge on any atom is 0.269 e. The summed E-state index contributed by atoms with van der Waals surface area (Å²) in [6.45, 7) is 0.158. The Morgan fingerprint density at radius 2 is 1.88 bits per heavy atom. The van der Waals surface area contributed by atoms with Crippen LogP contribution >= 0.6 is 0 Å². The third-order valence-corrected chi connectivity index (χ3v) is 3.41. The number of nitrogens with one attached hydrogen (secondary N) is 1. The lowest BCUT2D eigenvalue weighted by molar-refractivity contribution is -0.384. The van der Waals surface area contributed by atoms with Crippen LogP contribution in [0.15, 0.2) is 54.6 Å². The maximum absolute atomic E-state index is 10.6. The van der Waals surface area contributed by atoms with Gasteiger partial charge in [-0.25, -0.2) is 0 Å². The van der Waals surface area contributed by atoms with E-state index >= 15 is 0 Å². The molecule has 2 aromatic carbocycles.